The van der Waals surface area contributed by atoms with E-state index in [4.69, 9.17) is 4.98 Å². The molecule has 2 amide bonds. The molecule has 0 aliphatic carbocycles. The van der Waals surface area contributed by atoms with Gasteiger partial charge < -0.3 is 9.80 Å². The van der Waals surface area contributed by atoms with Gasteiger partial charge in [-0.3, -0.25) is 9.59 Å². The maximum absolute atomic E-state index is 12.8. The molecule has 7 heteroatoms. The first-order valence-corrected chi connectivity index (χ1v) is 9.22. The zero-order chi connectivity index (χ0) is 19.1. The number of amides is 2. The molecule has 0 radical (unpaired) electrons. The Hall–Kier alpha value is -2.96. The van der Waals surface area contributed by atoms with Crippen LogP contribution in [0.15, 0.2) is 24.3 Å². The fourth-order valence-corrected chi connectivity index (χ4v) is 3.77. The molecule has 1 aromatic carbocycles. The second kappa shape index (κ2) is 6.64. The standard InChI is InChI=1S/C20H23N5O2/c1-13-17(12-19(27)24-10-8-23(9-11-24)15(3)26)14(2)25-20(21-13)16-6-4-5-7-18(16)22-25/h4-7H,8-12H2,1-3H3. The van der Waals surface area contributed by atoms with Gasteiger partial charge in [0.05, 0.1) is 11.9 Å². The first-order valence-electron chi connectivity index (χ1n) is 9.22. The number of carbonyl (C=O) groups excluding carboxylic acids is 2. The Balaban J connectivity index is 1.61. The van der Waals surface area contributed by atoms with Crippen molar-refractivity contribution in [1.29, 1.82) is 0 Å². The van der Waals surface area contributed by atoms with Gasteiger partial charge in [-0.25, -0.2) is 9.50 Å². The van der Waals surface area contributed by atoms with Crippen molar-refractivity contribution in [1.82, 2.24) is 24.4 Å². The van der Waals surface area contributed by atoms with Crippen molar-refractivity contribution >= 4 is 28.4 Å². The summed E-state index contributed by atoms with van der Waals surface area (Å²) in [4.78, 5) is 32.6. The molecule has 0 spiro atoms. The van der Waals surface area contributed by atoms with Crippen LogP contribution in [0.25, 0.3) is 16.6 Å². The Morgan fingerprint density at radius 3 is 2.41 bits per heavy atom. The molecule has 3 aromatic rings. The number of nitrogens with zero attached hydrogens (tertiary/aromatic N) is 5. The second-order valence-electron chi connectivity index (χ2n) is 7.08. The van der Waals surface area contributed by atoms with Crippen LogP contribution in [0, 0.1) is 13.8 Å². The van der Waals surface area contributed by atoms with E-state index in [0.717, 1.165) is 33.5 Å². The molecule has 1 saturated heterocycles. The van der Waals surface area contributed by atoms with Crippen molar-refractivity contribution in [3.8, 4) is 0 Å². The highest BCUT2D eigenvalue weighted by molar-refractivity contribution is 5.92. The fraction of sp³-hybridized carbons (Fsp3) is 0.400. The Labute approximate surface area is 157 Å². The molecule has 140 valence electrons. The maximum Gasteiger partial charge on any atom is 0.227 e. The summed E-state index contributed by atoms with van der Waals surface area (Å²) < 4.78 is 1.84. The normalized spacial score (nSPS) is 14.9. The van der Waals surface area contributed by atoms with Crippen LogP contribution in [-0.4, -0.2) is 62.4 Å². The van der Waals surface area contributed by atoms with Gasteiger partial charge in [-0.05, 0) is 26.0 Å². The van der Waals surface area contributed by atoms with Crippen LogP contribution in [0.3, 0.4) is 0 Å². The van der Waals surface area contributed by atoms with E-state index in [2.05, 4.69) is 5.10 Å². The summed E-state index contributed by atoms with van der Waals surface area (Å²) in [5.41, 5.74) is 4.46. The lowest BCUT2D eigenvalue weighted by atomic mass is 10.1. The molecule has 0 N–H and O–H groups in total. The van der Waals surface area contributed by atoms with Crippen molar-refractivity contribution < 1.29 is 9.59 Å². The first-order chi connectivity index (χ1) is 13.0. The van der Waals surface area contributed by atoms with Gasteiger partial charge >= 0.3 is 0 Å². The van der Waals surface area contributed by atoms with Gasteiger partial charge in [0.25, 0.3) is 0 Å². The summed E-state index contributed by atoms with van der Waals surface area (Å²) >= 11 is 0. The van der Waals surface area contributed by atoms with Gasteiger partial charge in [0.1, 0.15) is 0 Å². The zero-order valence-corrected chi connectivity index (χ0v) is 15.9. The van der Waals surface area contributed by atoms with Gasteiger partial charge in [0.2, 0.25) is 11.8 Å². The van der Waals surface area contributed by atoms with Crippen molar-refractivity contribution in [3.05, 3.63) is 41.2 Å². The molecule has 2 aromatic heterocycles. The number of aromatic nitrogens is 3. The summed E-state index contributed by atoms with van der Waals surface area (Å²) in [7, 11) is 0. The third-order valence-corrected chi connectivity index (χ3v) is 5.42. The summed E-state index contributed by atoms with van der Waals surface area (Å²) in [6, 6.07) is 7.93. The predicted molar refractivity (Wildman–Crippen MR) is 103 cm³/mol. The zero-order valence-electron chi connectivity index (χ0n) is 15.9. The minimum absolute atomic E-state index is 0.0641. The summed E-state index contributed by atoms with van der Waals surface area (Å²) in [6.45, 7) is 7.87. The lowest BCUT2D eigenvalue weighted by Gasteiger charge is -2.34. The molecule has 0 bridgehead atoms. The van der Waals surface area contributed by atoms with Crippen LogP contribution < -0.4 is 0 Å². The molecule has 4 rings (SSSR count). The number of piperazine rings is 1. The fourth-order valence-electron chi connectivity index (χ4n) is 3.77. The molecule has 0 unspecified atom stereocenters. The number of aryl methyl sites for hydroxylation is 2. The summed E-state index contributed by atoms with van der Waals surface area (Å²) in [5.74, 6) is 0.136. The van der Waals surface area contributed by atoms with Crippen molar-refractivity contribution in [2.24, 2.45) is 0 Å². The van der Waals surface area contributed by atoms with Crippen LogP contribution in [-0.2, 0) is 16.0 Å². The smallest absolute Gasteiger partial charge is 0.227 e. The van der Waals surface area contributed by atoms with E-state index in [9.17, 15) is 9.59 Å². The van der Waals surface area contributed by atoms with E-state index in [1.165, 1.54) is 0 Å². The number of benzene rings is 1. The average molecular weight is 365 g/mol. The number of hydrogen-bond acceptors (Lipinski definition) is 4. The first kappa shape index (κ1) is 17.5. The van der Waals surface area contributed by atoms with Gasteiger partial charge in [0, 0.05) is 55.4 Å². The number of hydrogen-bond donors (Lipinski definition) is 0. The minimum atomic E-state index is 0.0641. The van der Waals surface area contributed by atoms with E-state index >= 15 is 0 Å². The van der Waals surface area contributed by atoms with E-state index in [-0.39, 0.29) is 11.8 Å². The molecule has 3 heterocycles. The minimum Gasteiger partial charge on any atom is -0.339 e. The topological polar surface area (TPSA) is 70.8 Å². The Morgan fingerprint density at radius 1 is 1.04 bits per heavy atom. The highest BCUT2D eigenvalue weighted by atomic mass is 16.2. The molecular formula is C20H23N5O2. The Kier molecular flexibility index (Phi) is 4.30. The lowest BCUT2D eigenvalue weighted by Crippen LogP contribution is -2.50. The van der Waals surface area contributed by atoms with Crippen LogP contribution in [0.4, 0.5) is 0 Å². The quantitative estimate of drug-likeness (QED) is 0.693. The summed E-state index contributed by atoms with van der Waals surface area (Å²) in [5, 5.41) is 5.67. The molecular weight excluding hydrogens is 342 g/mol. The van der Waals surface area contributed by atoms with Crippen LogP contribution in [0.2, 0.25) is 0 Å². The highest BCUT2D eigenvalue weighted by Crippen LogP contribution is 2.23. The van der Waals surface area contributed by atoms with Crippen LogP contribution in [0.1, 0.15) is 23.9 Å². The summed E-state index contributed by atoms with van der Waals surface area (Å²) in [6.07, 6.45) is 0.302. The Bertz CT molecular complexity index is 1050. The van der Waals surface area contributed by atoms with Gasteiger partial charge in [0.15, 0.2) is 5.65 Å². The molecule has 1 aliphatic rings. The largest absolute Gasteiger partial charge is 0.339 e. The molecule has 1 fully saturated rings. The number of fused-ring (bicyclic) bond motifs is 3. The van der Waals surface area contributed by atoms with Crippen LogP contribution >= 0.6 is 0 Å². The molecule has 1 aliphatic heterocycles. The Morgan fingerprint density at radius 2 is 1.70 bits per heavy atom. The second-order valence-corrected chi connectivity index (χ2v) is 7.08. The van der Waals surface area contributed by atoms with Crippen molar-refractivity contribution in [2.45, 2.75) is 27.2 Å². The predicted octanol–water partition coefficient (Wildman–Crippen LogP) is 1.73. The monoisotopic (exact) mass is 365 g/mol. The number of carbonyl (C=O) groups is 2. The SMILES string of the molecule is CC(=O)N1CCN(C(=O)Cc2c(C)nc3c4ccccc4nn3c2C)CC1. The maximum atomic E-state index is 12.8. The highest BCUT2D eigenvalue weighted by Gasteiger charge is 2.24. The van der Waals surface area contributed by atoms with E-state index < -0.39 is 0 Å². The van der Waals surface area contributed by atoms with Gasteiger partial charge in [-0.2, -0.15) is 5.10 Å². The molecule has 27 heavy (non-hydrogen) atoms. The van der Waals surface area contributed by atoms with Gasteiger partial charge in [-0.15, -0.1) is 0 Å². The van der Waals surface area contributed by atoms with Crippen molar-refractivity contribution in [3.63, 3.8) is 0 Å². The van der Waals surface area contributed by atoms with E-state index in [0.29, 0.717) is 32.6 Å². The molecule has 7 nitrogen and oxygen atoms in total. The lowest BCUT2D eigenvalue weighted by molar-refractivity contribution is -0.138. The van der Waals surface area contributed by atoms with Gasteiger partial charge in [-0.1, -0.05) is 12.1 Å². The van der Waals surface area contributed by atoms with E-state index in [1.54, 1.807) is 11.8 Å². The molecule has 0 saturated carbocycles. The van der Waals surface area contributed by atoms with Crippen molar-refractivity contribution in [2.75, 3.05) is 26.2 Å². The van der Waals surface area contributed by atoms with E-state index in [1.807, 2.05) is 47.5 Å². The average Bonchev–Trinajstić information content (AvgIpc) is 3.04. The number of rotatable bonds is 2. The third kappa shape index (κ3) is 3.03. The van der Waals surface area contributed by atoms with Crippen LogP contribution in [0.5, 0.6) is 0 Å². The third-order valence-electron chi connectivity index (χ3n) is 5.42. The molecule has 0 atom stereocenters.